The van der Waals surface area contributed by atoms with Gasteiger partial charge in [0, 0.05) is 49.7 Å². The van der Waals surface area contributed by atoms with Crippen LogP contribution in [0.2, 0.25) is 10.0 Å². The standard InChI is InChI=1S/C8H6Cl2O3.Ca/c1-5(11)12-13-8-3-2-6(9)4-7(8)10;/h2-4H,1H3;. The first-order chi connectivity index (χ1) is 6.09. The Balaban J connectivity index is 0.00000169. The van der Waals surface area contributed by atoms with Crippen LogP contribution in [-0.2, 0) is 9.68 Å². The molecule has 0 aromatic heterocycles. The number of rotatable bonds is 2. The molecule has 3 nitrogen and oxygen atoms in total. The fourth-order valence-electron chi connectivity index (χ4n) is 0.646. The van der Waals surface area contributed by atoms with Crippen molar-refractivity contribution < 1.29 is 14.6 Å². The molecule has 0 amide bonds. The van der Waals surface area contributed by atoms with Gasteiger partial charge in [0.05, 0.1) is 5.02 Å². The van der Waals surface area contributed by atoms with E-state index in [4.69, 9.17) is 23.2 Å². The topological polar surface area (TPSA) is 35.5 Å². The summed E-state index contributed by atoms with van der Waals surface area (Å²) in [5.74, 6) is -0.299. The van der Waals surface area contributed by atoms with E-state index in [1.807, 2.05) is 0 Å². The molecule has 6 heteroatoms. The van der Waals surface area contributed by atoms with Crippen LogP contribution in [0.5, 0.6) is 5.75 Å². The van der Waals surface area contributed by atoms with Crippen LogP contribution >= 0.6 is 23.2 Å². The van der Waals surface area contributed by atoms with Gasteiger partial charge in [-0.25, -0.2) is 4.79 Å². The summed E-state index contributed by atoms with van der Waals surface area (Å²) in [6.45, 7) is 1.23. The number of carbonyl (C=O) groups excluding carboxylic acids is 1. The van der Waals surface area contributed by atoms with Crippen LogP contribution in [0.25, 0.3) is 0 Å². The molecule has 0 spiro atoms. The summed E-state index contributed by atoms with van der Waals surface area (Å²) in [7, 11) is 0. The molecule has 0 heterocycles. The molecule has 1 aromatic rings. The van der Waals surface area contributed by atoms with Crippen molar-refractivity contribution in [1.82, 2.24) is 0 Å². The summed E-state index contributed by atoms with van der Waals surface area (Å²) in [6, 6.07) is 4.57. The van der Waals surface area contributed by atoms with E-state index in [9.17, 15) is 4.79 Å². The predicted molar refractivity (Wildman–Crippen MR) is 54.6 cm³/mol. The van der Waals surface area contributed by atoms with Crippen LogP contribution in [-0.4, -0.2) is 43.7 Å². The first kappa shape index (κ1) is 14.3. The minimum Gasteiger partial charge on any atom is -0.285 e. The van der Waals surface area contributed by atoms with Gasteiger partial charge in [0.2, 0.25) is 0 Å². The van der Waals surface area contributed by atoms with E-state index in [0.29, 0.717) is 5.02 Å². The van der Waals surface area contributed by atoms with E-state index >= 15 is 0 Å². The monoisotopic (exact) mass is 260 g/mol. The second-order valence-electron chi connectivity index (χ2n) is 2.23. The van der Waals surface area contributed by atoms with Gasteiger partial charge in [0.25, 0.3) is 0 Å². The average Bonchev–Trinajstić information content (AvgIpc) is 2.02. The molecule has 0 aliphatic heterocycles. The zero-order valence-corrected chi connectivity index (χ0v) is 11.1. The van der Waals surface area contributed by atoms with Crippen LogP contribution in [0.1, 0.15) is 6.92 Å². The van der Waals surface area contributed by atoms with Crippen molar-refractivity contribution in [2.24, 2.45) is 0 Å². The Labute approximate surface area is 121 Å². The van der Waals surface area contributed by atoms with Gasteiger partial charge in [-0.1, -0.05) is 23.2 Å². The molecule has 0 atom stereocenters. The van der Waals surface area contributed by atoms with E-state index in [1.54, 1.807) is 6.07 Å². The van der Waals surface area contributed by atoms with Crippen molar-refractivity contribution in [3.8, 4) is 5.75 Å². The van der Waals surface area contributed by atoms with E-state index in [-0.39, 0.29) is 48.5 Å². The zero-order chi connectivity index (χ0) is 9.84. The third kappa shape index (κ3) is 4.71. The fraction of sp³-hybridized carbons (Fsp3) is 0.125. The minimum atomic E-state index is -0.550. The Morgan fingerprint density at radius 2 is 2.00 bits per heavy atom. The first-order valence-corrected chi connectivity index (χ1v) is 4.15. The van der Waals surface area contributed by atoms with Gasteiger partial charge in [-0.15, -0.1) is 0 Å². The SMILES string of the molecule is CC(=O)OOc1ccc(Cl)cc1Cl.[Ca]. The summed E-state index contributed by atoms with van der Waals surface area (Å²) < 4.78 is 0. The fourth-order valence-corrected chi connectivity index (χ4v) is 1.09. The molecule has 1 rings (SSSR count). The molecule has 0 saturated heterocycles. The van der Waals surface area contributed by atoms with Crippen molar-refractivity contribution in [3.63, 3.8) is 0 Å². The van der Waals surface area contributed by atoms with Crippen LogP contribution in [0.15, 0.2) is 18.2 Å². The Morgan fingerprint density at radius 1 is 1.36 bits per heavy atom. The molecule has 0 unspecified atom stereocenters. The Hall–Kier alpha value is 0.330. The number of benzene rings is 1. The minimum absolute atomic E-state index is 0. The molecule has 0 aliphatic rings. The number of halogens is 2. The normalized spacial score (nSPS) is 8.79. The molecule has 0 bridgehead atoms. The van der Waals surface area contributed by atoms with Gasteiger partial charge in [0.1, 0.15) is 0 Å². The van der Waals surface area contributed by atoms with Crippen molar-refractivity contribution in [3.05, 3.63) is 28.2 Å². The molecule has 1 aromatic carbocycles. The van der Waals surface area contributed by atoms with Crippen LogP contribution in [0, 0.1) is 0 Å². The third-order valence-electron chi connectivity index (χ3n) is 1.14. The van der Waals surface area contributed by atoms with Crippen LogP contribution in [0.4, 0.5) is 0 Å². The molecule has 0 N–H and O–H groups in total. The number of carbonyl (C=O) groups is 1. The van der Waals surface area contributed by atoms with E-state index < -0.39 is 5.97 Å². The van der Waals surface area contributed by atoms with E-state index in [2.05, 4.69) is 9.78 Å². The summed E-state index contributed by atoms with van der Waals surface area (Å²) in [5, 5.41) is 0.772. The molecule has 0 saturated carbocycles. The zero-order valence-electron chi connectivity index (χ0n) is 7.42. The maximum atomic E-state index is 10.4. The second kappa shape index (κ2) is 6.75. The number of hydrogen-bond acceptors (Lipinski definition) is 3. The number of hydrogen-bond donors (Lipinski definition) is 0. The van der Waals surface area contributed by atoms with E-state index in [1.165, 1.54) is 19.1 Å². The van der Waals surface area contributed by atoms with Crippen molar-refractivity contribution in [1.29, 1.82) is 0 Å². The Bertz CT molecular complexity index is 330. The van der Waals surface area contributed by atoms with Gasteiger partial charge in [-0.05, 0) is 18.2 Å². The van der Waals surface area contributed by atoms with Gasteiger partial charge in [-0.2, -0.15) is 0 Å². The van der Waals surface area contributed by atoms with Gasteiger partial charge in [0.15, 0.2) is 5.75 Å². The van der Waals surface area contributed by atoms with Crippen molar-refractivity contribution in [2.75, 3.05) is 0 Å². The molecular formula is C8H6CaCl2O3. The van der Waals surface area contributed by atoms with Gasteiger partial charge in [-0.3, -0.25) is 9.78 Å². The maximum Gasteiger partial charge on any atom is 0.352 e. The van der Waals surface area contributed by atoms with Crippen LogP contribution in [0.3, 0.4) is 0 Å². The largest absolute Gasteiger partial charge is 0.352 e. The Morgan fingerprint density at radius 3 is 2.50 bits per heavy atom. The van der Waals surface area contributed by atoms with E-state index in [0.717, 1.165) is 0 Å². The Kier molecular flexibility index (Phi) is 6.91. The summed E-state index contributed by atoms with van der Waals surface area (Å²) in [6.07, 6.45) is 0. The summed E-state index contributed by atoms with van der Waals surface area (Å²) >= 11 is 11.3. The van der Waals surface area contributed by atoms with Crippen molar-refractivity contribution in [2.45, 2.75) is 6.92 Å². The molecule has 72 valence electrons. The third-order valence-corrected chi connectivity index (χ3v) is 1.67. The average molecular weight is 261 g/mol. The first-order valence-electron chi connectivity index (χ1n) is 3.40. The quantitative estimate of drug-likeness (QED) is 0.466. The second-order valence-corrected chi connectivity index (χ2v) is 3.08. The van der Waals surface area contributed by atoms with Gasteiger partial charge < -0.3 is 0 Å². The van der Waals surface area contributed by atoms with Gasteiger partial charge >= 0.3 is 5.97 Å². The van der Waals surface area contributed by atoms with Crippen molar-refractivity contribution >= 4 is 66.9 Å². The molecule has 0 fully saturated rings. The summed E-state index contributed by atoms with van der Waals surface area (Å²) in [5.41, 5.74) is 0. The smallest absolute Gasteiger partial charge is 0.285 e. The molecule has 0 aliphatic carbocycles. The predicted octanol–water partition coefficient (Wildman–Crippen LogP) is 2.47. The maximum absolute atomic E-state index is 10.4. The summed E-state index contributed by atoms with van der Waals surface area (Å²) in [4.78, 5) is 19.3. The molecule has 2 radical (unpaired) electrons. The van der Waals surface area contributed by atoms with Crippen LogP contribution < -0.4 is 4.89 Å². The molecule has 14 heavy (non-hydrogen) atoms. The molecular weight excluding hydrogens is 255 g/mol.